The van der Waals surface area contributed by atoms with Crippen LogP contribution >= 0.6 is 23.1 Å². The highest BCUT2D eigenvalue weighted by Gasteiger charge is 2.22. The van der Waals surface area contributed by atoms with Crippen molar-refractivity contribution in [1.82, 2.24) is 15.2 Å². The van der Waals surface area contributed by atoms with Crippen molar-refractivity contribution in [3.63, 3.8) is 0 Å². The fourth-order valence-electron chi connectivity index (χ4n) is 4.04. The molecular weight excluding hydrogens is 464 g/mol. The van der Waals surface area contributed by atoms with E-state index in [1.54, 1.807) is 18.4 Å². The quantitative estimate of drug-likeness (QED) is 0.327. The van der Waals surface area contributed by atoms with Gasteiger partial charge in [-0.15, -0.1) is 21.5 Å². The summed E-state index contributed by atoms with van der Waals surface area (Å²) in [5.74, 6) is 1.24. The number of rotatable bonds is 6. The Labute approximate surface area is 207 Å². The number of aromatic nitrogens is 3. The Balaban J connectivity index is 1.27. The zero-order chi connectivity index (χ0) is 23.5. The van der Waals surface area contributed by atoms with Gasteiger partial charge in [0.1, 0.15) is 21.5 Å². The molecule has 0 saturated heterocycles. The van der Waals surface area contributed by atoms with Crippen molar-refractivity contribution >= 4 is 34.7 Å². The van der Waals surface area contributed by atoms with Crippen LogP contribution in [0.15, 0.2) is 65.7 Å². The van der Waals surface area contributed by atoms with Gasteiger partial charge >= 0.3 is 0 Å². The van der Waals surface area contributed by atoms with Crippen LogP contribution in [-0.4, -0.2) is 40.5 Å². The maximum absolute atomic E-state index is 12.9. The van der Waals surface area contributed by atoms with Gasteiger partial charge in [0, 0.05) is 17.8 Å². The van der Waals surface area contributed by atoms with Crippen molar-refractivity contribution in [2.24, 2.45) is 0 Å². The minimum absolute atomic E-state index is 0.101. The van der Waals surface area contributed by atoms with E-state index in [1.807, 2.05) is 66.4 Å². The molecule has 0 spiro atoms. The first-order valence-corrected chi connectivity index (χ1v) is 12.9. The van der Waals surface area contributed by atoms with Gasteiger partial charge in [0.05, 0.1) is 23.4 Å². The number of para-hydroxylation sites is 1. The van der Waals surface area contributed by atoms with E-state index in [2.05, 4.69) is 16.3 Å². The third kappa shape index (κ3) is 4.69. The normalized spacial score (nSPS) is 12.9. The van der Waals surface area contributed by atoms with Crippen LogP contribution in [0.1, 0.15) is 17.7 Å². The lowest BCUT2D eigenvalue weighted by atomic mass is 10.0. The zero-order valence-corrected chi connectivity index (χ0v) is 20.7. The van der Waals surface area contributed by atoms with E-state index in [9.17, 15) is 4.79 Å². The maximum Gasteiger partial charge on any atom is 0.237 e. The highest BCUT2D eigenvalue weighted by atomic mass is 32.2. The average molecular weight is 489 g/mol. The molecule has 0 saturated carbocycles. The number of aryl methyl sites for hydroxylation is 2. The summed E-state index contributed by atoms with van der Waals surface area (Å²) in [6.07, 6.45) is 2.02. The molecule has 1 aliphatic heterocycles. The Hall–Kier alpha value is -3.23. The number of thiazole rings is 1. The number of nitrogens with zero attached hydrogens (tertiary/aromatic N) is 4. The second-order valence-electron chi connectivity index (χ2n) is 7.99. The molecule has 34 heavy (non-hydrogen) atoms. The average Bonchev–Trinajstić information content (AvgIpc) is 3.28. The van der Waals surface area contributed by atoms with Gasteiger partial charge in [0.2, 0.25) is 5.91 Å². The summed E-state index contributed by atoms with van der Waals surface area (Å²) in [5.41, 5.74) is 4.98. The minimum atomic E-state index is 0.101. The molecule has 0 radical (unpaired) electrons. The third-order valence-corrected chi connectivity index (χ3v) is 7.87. The third-order valence-electron chi connectivity index (χ3n) is 5.74. The Morgan fingerprint density at radius 3 is 2.82 bits per heavy atom. The predicted octanol–water partition coefficient (Wildman–Crippen LogP) is 5.66. The number of methoxy groups -OCH3 is 1. The molecule has 2 aromatic carbocycles. The van der Waals surface area contributed by atoms with Gasteiger partial charge in [-0.05, 0) is 55.7 Å². The molecular formula is C26H24N4O2S2. The van der Waals surface area contributed by atoms with Crippen molar-refractivity contribution in [2.75, 3.05) is 24.3 Å². The summed E-state index contributed by atoms with van der Waals surface area (Å²) in [6, 6.07) is 19.9. The molecule has 3 heterocycles. The summed E-state index contributed by atoms with van der Waals surface area (Å²) < 4.78 is 5.33. The van der Waals surface area contributed by atoms with Crippen LogP contribution in [0.3, 0.4) is 0 Å². The highest BCUT2D eigenvalue weighted by molar-refractivity contribution is 7.99. The number of hydrogen-bond donors (Lipinski definition) is 0. The molecule has 8 heteroatoms. The van der Waals surface area contributed by atoms with E-state index in [-0.39, 0.29) is 5.91 Å². The van der Waals surface area contributed by atoms with Gasteiger partial charge in [-0.3, -0.25) is 4.79 Å². The molecule has 0 bridgehead atoms. The molecule has 1 amide bonds. The molecule has 1 aliphatic rings. The second-order valence-corrected chi connectivity index (χ2v) is 9.98. The second kappa shape index (κ2) is 9.95. The van der Waals surface area contributed by atoms with Crippen LogP contribution < -0.4 is 9.64 Å². The number of hydrogen-bond acceptors (Lipinski definition) is 7. The molecule has 5 rings (SSSR count). The summed E-state index contributed by atoms with van der Waals surface area (Å²) in [6.45, 7) is 2.75. The van der Waals surface area contributed by atoms with E-state index in [0.717, 1.165) is 62.7 Å². The van der Waals surface area contributed by atoms with Gasteiger partial charge in [-0.25, -0.2) is 4.98 Å². The summed E-state index contributed by atoms with van der Waals surface area (Å²) >= 11 is 3.00. The van der Waals surface area contributed by atoms with Crippen LogP contribution in [0.4, 0.5) is 5.69 Å². The Morgan fingerprint density at radius 2 is 2.00 bits per heavy atom. The first kappa shape index (κ1) is 22.6. The van der Waals surface area contributed by atoms with Gasteiger partial charge in [-0.2, -0.15) is 0 Å². The van der Waals surface area contributed by atoms with E-state index < -0.39 is 0 Å². The summed E-state index contributed by atoms with van der Waals surface area (Å²) in [5, 5.41) is 10.4. The lowest BCUT2D eigenvalue weighted by Crippen LogP contribution is -2.36. The van der Waals surface area contributed by atoms with Crippen molar-refractivity contribution in [1.29, 1.82) is 0 Å². The van der Waals surface area contributed by atoms with Crippen LogP contribution in [0.25, 0.3) is 21.1 Å². The molecule has 0 atom stereocenters. The monoisotopic (exact) mass is 488 g/mol. The van der Waals surface area contributed by atoms with Crippen molar-refractivity contribution < 1.29 is 9.53 Å². The Bertz CT molecular complexity index is 1320. The largest absolute Gasteiger partial charge is 0.497 e. The number of carbonyl (C=O) groups is 1. The van der Waals surface area contributed by atoms with Gasteiger partial charge in [-0.1, -0.05) is 42.1 Å². The number of carbonyl (C=O) groups excluding carboxylic acids is 1. The van der Waals surface area contributed by atoms with E-state index >= 15 is 0 Å². The molecule has 0 N–H and O–H groups in total. The Morgan fingerprint density at radius 1 is 1.12 bits per heavy atom. The molecule has 0 unspecified atom stereocenters. The van der Waals surface area contributed by atoms with Crippen molar-refractivity contribution in [3.05, 3.63) is 71.9 Å². The van der Waals surface area contributed by atoms with Crippen molar-refractivity contribution in [2.45, 2.75) is 24.8 Å². The number of thioether (sulfide) groups is 1. The maximum atomic E-state index is 12.9. The first-order chi connectivity index (χ1) is 16.6. The minimum Gasteiger partial charge on any atom is -0.497 e. The fraction of sp³-hybridized carbons (Fsp3) is 0.231. The van der Waals surface area contributed by atoms with Gasteiger partial charge in [0.25, 0.3) is 0 Å². The van der Waals surface area contributed by atoms with Crippen molar-refractivity contribution in [3.8, 4) is 26.9 Å². The number of ether oxygens (including phenoxy) is 1. The van der Waals surface area contributed by atoms with Crippen LogP contribution in [0, 0.1) is 6.92 Å². The SMILES string of the molecule is COc1cccc(-c2nc(C)c(-c3ccc(SCC(=O)N4CCCc5ccccc54)nn3)s2)c1. The number of anilines is 1. The molecule has 4 aromatic rings. The lowest BCUT2D eigenvalue weighted by molar-refractivity contribution is -0.116. The molecule has 0 fully saturated rings. The first-order valence-electron chi connectivity index (χ1n) is 11.1. The van der Waals surface area contributed by atoms with Crippen LogP contribution in [0.2, 0.25) is 0 Å². The smallest absolute Gasteiger partial charge is 0.237 e. The van der Waals surface area contributed by atoms with Crippen LogP contribution in [0.5, 0.6) is 5.75 Å². The molecule has 6 nitrogen and oxygen atoms in total. The molecule has 0 aliphatic carbocycles. The molecule has 172 valence electrons. The standard InChI is InChI=1S/C26H24N4O2S2/c1-17-25(34-26(27-17)19-8-5-10-20(15-19)32-2)21-12-13-23(29-28-21)33-16-24(31)30-14-6-9-18-7-3-4-11-22(18)30/h3-5,7-8,10-13,15H,6,9,14,16H2,1-2H3. The highest BCUT2D eigenvalue weighted by Crippen LogP contribution is 2.35. The summed E-state index contributed by atoms with van der Waals surface area (Å²) in [4.78, 5) is 20.5. The van der Waals surface area contributed by atoms with Gasteiger partial charge < -0.3 is 9.64 Å². The van der Waals surface area contributed by atoms with E-state index in [1.165, 1.54) is 17.3 Å². The summed E-state index contributed by atoms with van der Waals surface area (Å²) in [7, 11) is 1.66. The van der Waals surface area contributed by atoms with Gasteiger partial charge in [0.15, 0.2) is 0 Å². The molecule has 2 aromatic heterocycles. The number of benzene rings is 2. The van der Waals surface area contributed by atoms with E-state index in [4.69, 9.17) is 9.72 Å². The topological polar surface area (TPSA) is 68.2 Å². The lowest BCUT2D eigenvalue weighted by Gasteiger charge is -2.29. The zero-order valence-electron chi connectivity index (χ0n) is 19.0. The predicted molar refractivity (Wildman–Crippen MR) is 138 cm³/mol. The number of amides is 1. The fourth-order valence-corrected chi connectivity index (χ4v) is 5.76. The van der Waals surface area contributed by atoms with Crippen LogP contribution in [-0.2, 0) is 11.2 Å². The van der Waals surface area contributed by atoms with E-state index in [0.29, 0.717) is 5.75 Å². The number of fused-ring (bicyclic) bond motifs is 1. The Kier molecular flexibility index (Phi) is 6.60.